The van der Waals surface area contributed by atoms with Crippen molar-refractivity contribution in [2.24, 2.45) is 0 Å². The van der Waals surface area contributed by atoms with Crippen molar-refractivity contribution in [2.45, 2.75) is 6.92 Å². The van der Waals surface area contributed by atoms with Crippen LogP contribution in [0.1, 0.15) is 6.92 Å². The molecular formula is C3H8NNb-. The van der Waals surface area contributed by atoms with Gasteiger partial charge in [0.1, 0.15) is 0 Å². The first-order valence-corrected chi connectivity index (χ1v) is 1.47. The Morgan fingerprint density at radius 3 is 1.80 bits per heavy atom. The second-order valence-electron chi connectivity index (χ2n) is 0.632. The van der Waals surface area contributed by atoms with Gasteiger partial charge in [-0.3, -0.25) is 0 Å². The Labute approximate surface area is 48.7 Å². The van der Waals surface area contributed by atoms with Crippen molar-refractivity contribution in [3.05, 3.63) is 5.32 Å². The van der Waals surface area contributed by atoms with Gasteiger partial charge in [-0.05, 0) is 0 Å². The van der Waals surface area contributed by atoms with Gasteiger partial charge in [-0.1, -0.05) is 6.92 Å². The SMILES string of the molecule is CC[N-]C.[Nb]. The summed E-state index contributed by atoms with van der Waals surface area (Å²) < 4.78 is 0. The minimum absolute atomic E-state index is 0. The molecule has 0 aromatic carbocycles. The average Bonchev–Trinajstić information content (AvgIpc) is 1.37. The molecule has 5 heavy (non-hydrogen) atoms. The van der Waals surface area contributed by atoms with Crippen molar-refractivity contribution in [3.63, 3.8) is 0 Å². The Hall–Kier alpha value is 0.700. The maximum Gasteiger partial charge on any atom is 0 e. The average molecular weight is 151 g/mol. The van der Waals surface area contributed by atoms with E-state index in [1.807, 2.05) is 6.92 Å². The van der Waals surface area contributed by atoms with Crippen LogP contribution in [0.2, 0.25) is 0 Å². The smallest absolute Gasteiger partial charge is 0 e. The molecule has 0 fully saturated rings. The number of rotatable bonds is 1. The van der Waals surface area contributed by atoms with Crippen LogP contribution in [0.25, 0.3) is 5.32 Å². The van der Waals surface area contributed by atoms with Gasteiger partial charge in [-0.15, -0.1) is 0 Å². The summed E-state index contributed by atoms with van der Waals surface area (Å²) in [6, 6.07) is 0. The van der Waals surface area contributed by atoms with Crippen LogP contribution in [0.5, 0.6) is 0 Å². The maximum atomic E-state index is 3.74. The van der Waals surface area contributed by atoms with Crippen LogP contribution in [-0.4, -0.2) is 13.6 Å². The van der Waals surface area contributed by atoms with E-state index in [0.717, 1.165) is 6.54 Å². The van der Waals surface area contributed by atoms with E-state index in [2.05, 4.69) is 5.32 Å². The molecule has 0 amide bonds. The molecule has 0 N–H and O–H groups in total. The molecule has 0 spiro atoms. The van der Waals surface area contributed by atoms with Crippen molar-refractivity contribution in [1.29, 1.82) is 0 Å². The first kappa shape index (κ1) is 9.20. The zero-order chi connectivity index (χ0) is 3.41. The van der Waals surface area contributed by atoms with Crippen molar-refractivity contribution >= 4 is 0 Å². The fourth-order valence-corrected chi connectivity index (χ4v) is 0. The minimum Gasteiger partial charge on any atom is -0.665 e. The molecule has 0 unspecified atom stereocenters. The van der Waals surface area contributed by atoms with Gasteiger partial charge in [-0.25, -0.2) is 0 Å². The van der Waals surface area contributed by atoms with Gasteiger partial charge in [0.05, 0.1) is 0 Å². The van der Waals surface area contributed by atoms with Gasteiger partial charge in [-0.2, -0.15) is 13.6 Å². The van der Waals surface area contributed by atoms with Gasteiger partial charge in [0, 0.05) is 22.4 Å². The van der Waals surface area contributed by atoms with Crippen LogP contribution in [-0.2, 0) is 22.4 Å². The van der Waals surface area contributed by atoms with Crippen molar-refractivity contribution in [3.8, 4) is 0 Å². The third kappa shape index (κ3) is 11.9. The van der Waals surface area contributed by atoms with E-state index < -0.39 is 0 Å². The second kappa shape index (κ2) is 8.83. The Balaban J connectivity index is 0. The third-order valence-corrected chi connectivity index (χ3v) is 0.316. The number of nitrogens with zero attached hydrogens (tertiary/aromatic N) is 1. The Morgan fingerprint density at radius 2 is 1.80 bits per heavy atom. The molecule has 0 aliphatic heterocycles. The molecule has 0 aromatic heterocycles. The Kier molecular flexibility index (Phi) is 16.2. The summed E-state index contributed by atoms with van der Waals surface area (Å²) in [5.41, 5.74) is 0. The quantitative estimate of drug-likeness (QED) is 0.496. The molecule has 0 aliphatic rings. The molecule has 0 aromatic rings. The third-order valence-electron chi connectivity index (χ3n) is 0.316. The van der Waals surface area contributed by atoms with Gasteiger partial charge in [0.2, 0.25) is 0 Å². The van der Waals surface area contributed by atoms with Crippen LogP contribution < -0.4 is 0 Å². The molecule has 0 bridgehead atoms. The van der Waals surface area contributed by atoms with Crippen molar-refractivity contribution in [1.82, 2.24) is 0 Å². The molecule has 1 nitrogen and oxygen atoms in total. The monoisotopic (exact) mass is 151 g/mol. The summed E-state index contributed by atoms with van der Waals surface area (Å²) in [5, 5.41) is 3.74. The first-order chi connectivity index (χ1) is 1.91. The number of hydrogen-bond donors (Lipinski definition) is 0. The standard InChI is InChI=1S/C3H8N.Nb/c1-3-4-2;/h3H2,1-2H3;/q-1;. The molecule has 0 heterocycles. The predicted molar refractivity (Wildman–Crippen MR) is 19.8 cm³/mol. The molecule has 0 rings (SSSR count). The van der Waals surface area contributed by atoms with Crippen LogP contribution in [0, 0.1) is 0 Å². The zero-order valence-corrected chi connectivity index (χ0v) is 5.80. The molecule has 0 saturated carbocycles. The molecule has 1 radical (unpaired) electrons. The molecule has 0 saturated heterocycles. The van der Waals surface area contributed by atoms with Crippen molar-refractivity contribution in [2.75, 3.05) is 13.6 Å². The van der Waals surface area contributed by atoms with Gasteiger partial charge < -0.3 is 5.32 Å². The van der Waals surface area contributed by atoms with E-state index in [1.165, 1.54) is 0 Å². The fraction of sp³-hybridized carbons (Fsp3) is 1.00. The molecule has 0 aliphatic carbocycles. The summed E-state index contributed by atoms with van der Waals surface area (Å²) in [5.74, 6) is 0. The minimum atomic E-state index is 0. The van der Waals surface area contributed by atoms with Crippen LogP contribution in [0.15, 0.2) is 0 Å². The van der Waals surface area contributed by atoms with E-state index >= 15 is 0 Å². The van der Waals surface area contributed by atoms with Crippen LogP contribution in [0.4, 0.5) is 0 Å². The second-order valence-corrected chi connectivity index (χ2v) is 0.632. The van der Waals surface area contributed by atoms with Gasteiger partial charge in [0.15, 0.2) is 0 Å². The normalized spacial score (nSPS) is 6.00. The van der Waals surface area contributed by atoms with Crippen LogP contribution in [0.3, 0.4) is 0 Å². The summed E-state index contributed by atoms with van der Waals surface area (Å²) >= 11 is 0. The van der Waals surface area contributed by atoms with E-state index in [9.17, 15) is 0 Å². The predicted octanol–water partition coefficient (Wildman–Crippen LogP) is 1.01. The van der Waals surface area contributed by atoms with Crippen molar-refractivity contribution < 1.29 is 22.4 Å². The largest absolute Gasteiger partial charge is 0.665 e. The van der Waals surface area contributed by atoms with Gasteiger partial charge >= 0.3 is 0 Å². The summed E-state index contributed by atoms with van der Waals surface area (Å²) in [7, 11) is 1.81. The maximum absolute atomic E-state index is 3.74. The summed E-state index contributed by atoms with van der Waals surface area (Å²) in [4.78, 5) is 0. The molecule has 31 valence electrons. The fourth-order valence-electron chi connectivity index (χ4n) is 0. The van der Waals surface area contributed by atoms with E-state index in [-0.39, 0.29) is 22.4 Å². The zero-order valence-electron chi connectivity index (χ0n) is 3.60. The summed E-state index contributed by atoms with van der Waals surface area (Å²) in [6.07, 6.45) is 0. The van der Waals surface area contributed by atoms with Crippen LogP contribution >= 0.6 is 0 Å². The van der Waals surface area contributed by atoms with E-state index in [4.69, 9.17) is 0 Å². The first-order valence-electron chi connectivity index (χ1n) is 1.47. The van der Waals surface area contributed by atoms with E-state index in [0.29, 0.717) is 0 Å². The number of hydrogen-bond acceptors (Lipinski definition) is 0. The Morgan fingerprint density at radius 1 is 1.60 bits per heavy atom. The van der Waals surface area contributed by atoms with Gasteiger partial charge in [0.25, 0.3) is 0 Å². The summed E-state index contributed by atoms with van der Waals surface area (Å²) in [6.45, 7) is 2.96. The molecule has 0 atom stereocenters. The van der Waals surface area contributed by atoms with E-state index in [1.54, 1.807) is 7.05 Å². The molecule has 2 heteroatoms. The molecular weight excluding hydrogens is 143 g/mol. The Bertz CT molecular complexity index is 8.85. The topological polar surface area (TPSA) is 14.1 Å².